The molecular formula is C17H28N2. The summed E-state index contributed by atoms with van der Waals surface area (Å²) < 4.78 is 0. The lowest BCUT2D eigenvalue weighted by Gasteiger charge is -2.34. The zero-order chi connectivity index (χ0) is 13.7. The molecule has 0 amide bonds. The monoisotopic (exact) mass is 260 g/mol. The van der Waals surface area contributed by atoms with Crippen LogP contribution in [0.25, 0.3) is 0 Å². The molecule has 2 N–H and O–H groups in total. The average molecular weight is 260 g/mol. The minimum atomic E-state index is 0.272. The van der Waals surface area contributed by atoms with E-state index in [0.29, 0.717) is 0 Å². The highest BCUT2D eigenvalue weighted by atomic mass is 15.1. The van der Waals surface area contributed by atoms with Gasteiger partial charge < -0.3 is 10.6 Å². The van der Waals surface area contributed by atoms with Gasteiger partial charge in [0.2, 0.25) is 0 Å². The summed E-state index contributed by atoms with van der Waals surface area (Å²) in [4.78, 5) is 2.61. The molecular weight excluding hydrogens is 232 g/mol. The summed E-state index contributed by atoms with van der Waals surface area (Å²) in [5.41, 5.74) is 9.46. The van der Waals surface area contributed by atoms with Crippen molar-refractivity contribution in [1.82, 2.24) is 4.90 Å². The quantitative estimate of drug-likeness (QED) is 0.817. The normalized spacial score (nSPS) is 16.8. The maximum atomic E-state index is 6.16. The fraction of sp³-hybridized carbons (Fsp3) is 0.647. The first kappa shape index (κ1) is 14.5. The topological polar surface area (TPSA) is 29.3 Å². The van der Waals surface area contributed by atoms with Gasteiger partial charge in [-0.2, -0.15) is 0 Å². The van der Waals surface area contributed by atoms with Gasteiger partial charge in [-0.05, 0) is 56.4 Å². The molecule has 0 saturated carbocycles. The van der Waals surface area contributed by atoms with Gasteiger partial charge in [0.05, 0.1) is 0 Å². The van der Waals surface area contributed by atoms with Crippen molar-refractivity contribution in [2.24, 2.45) is 11.1 Å². The number of nitrogens with two attached hydrogens (primary N) is 1. The Balaban J connectivity index is 2.08. The predicted molar refractivity (Wildman–Crippen MR) is 82.4 cm³/mol. The molecule has 0 aliphatic heterocycles. The van der Waals surface area contributed by atoms with Gasteiger partial charge in [-0.3, -0.25) is 0 Å². The molecule has 106 valence electrons. The summed E-state index contributed by atoms with van der Waals surface area (Å²) in [5.74, 6) is 0. The van der Waals surface area contributed by atoms with E-state index in [1.54, 1.807) is 0 Å². The molecule has 19 heavy (non-hydrogen) atoms. The second kappa shape index (κ2) is 6.53. The summed E-state index contributed by atoms with van der Waals surface area (Å²) in [6.07, 6.45) is 4.77. The van der Waals surface area contributed by atoms with E-state index in [-0.39, 0.29) is 5.41 Å². The van der Waals surface area contributed by atoms with Gasteiger partial charge in [-0.25, -0.2) is 0 Å². The maximum Gasteiger partial charge on any atom is 0.00565 e. The van der Waals surface area contributed by atoms with Gasteiger partial charge in [0.15, 0.2) is 0 Å². The van der Waals surface area contributed by atoms with E-state index >= 15 is 0 Å². The molecule has 0 unspecified atom stereocenters. The molecule has 0 radical (unpaired) electrons. The molecule has 0 heterocycles. The fourth-order valence-electron chi connectivity index (χ4n) is 3.47. The Morgan fingerprint density at radius 2 is 1.58 bits per heavy atom. The molecule has 1 aliphatic carbocycles. The lowest BCUT2D eigenvalue weighted by atomic mass is 9.84. The lowest BCUT2D eigenvalue weighted by Crippen LogP contribution is -2.44. The molecule has 1 aromatic rings. The molecule has 0 fully saturated rings. The van der Waals surface area contributed by atoms with Crippen LogP contribution in [0.4, 0.5) is 0 Å². The third-order valence-corrected chi connectivity index (χ3v) is 4.32. The van der Waals surface area contributed by atoms with Gasteiger partial charge in [0.1, 0.15) is 0 Å². The number of hydrogen-bond donors (Lipinski definition) is 1. The number of hydrogen-bond acceptors (Lipinski definition) is 2. The largest absolute Gasteiger partial charge is 0.330 e. The Hall–Kier alpha value is -0.860. The van der Waals surface area contributed by atoms with Crippen LogP contribution in [0.15, 0.2) is 24.3 Å². The lowest BCUT2D eigenvalue weighted by molar-refractivity contribution is 0.161. The van der Waals surface area contributed by atoms with Crippen molar-refractivity contribution in [1.29, 1.82) is 0 Å². The van der Waals surface area contributed by atoms with Gasteiger partial charge in [0.25, 0.3) is 0 Å². The number of benzene rings is 1. The van der Waals surface area contributed by atoms with Crippen LogP contribution < -0.4 is 5.73 Å². The molecule has 1 aromatic carbocycles. The minimum absolute atomic E-state index is 0.272. The van der Waals surface area contributed by atoms with Gasteiger partial charge >= 0.3 is 0 Å². The number of nitrogens with zero attached hydrogens (tertiary/aromatic N) is 1. The van der Waals surface area contributed by atoms with Crippen molar-refractivity contribution < 1.29 is 0 Å². The van der Waals surface area contributed by atoms with Crippen molar-refractivity contribution >= 4 is 0 Å². The van der Waals surface area contributed by atoms with Crippen LogP contribution in [0.2, 0.25) is 0 Å². The van der Waals surface area contributed by atoms with Crippen molar-refractivity contribution in [2.45, 2.75) is 39.5 Å². The molecule has 0 bridgehead atoms. The molecule has 2 heteroatoms. The zero-order valence-electron chi connectivity index (χ0n) is 12.5. The van der Waals surface area contributed by atoms with E-state index in [4.69, 9.17) is 5.73 Å². The van der Waals surface area contributed by atoms with Gasteiger partial charge in [0, 0.05) is 12.0 Å². The smallest absolute Gasteiger partial charge is 0.00565 e. The number of fused-ring (bicyclic) bond motifs is 1. The van der Waals surface area contributed by atoms with E-state index in [0.717, 1.165) is 25.9 Å². The van der Waals surface area contributed by atoms with Crippen LogP contribution in [-0.2, 0) is 12.8 Å². The second-order valence-electron chi connectivity index (χ2n) is 6.10. The molecule has 0 aromatic heterocycles. The standard InChI is InChI=1S/C17H28N2/c1-3-9-19(10-4-2)14-17(13-18)11-15-7-5-6-8-16(15)12-17/h5-8H,3-4,9-14,18H2,1-2H3. The predicted octanol–water partition coefficient (Wildman–Crippen LogP) is 2.85. The SMILES string of the molecule is CCCN(CCC)CC1(CN)Cc2ccccc2C1. The zero-order valence-corrected chi connectivity index (χ0v) is 12.5. The molecule has 2 rings (SSSR count). The van der Waals surface area contributed by atoms with Crippen LogP contribution >= 0.6 is 0 Å². The molecule has 0 spiro atoms. The summed E-state index contributed by atoms with van der Waals surface area (Å²) in [6, 6.07) is 8.86. The first-order chi connectivity index (χ1) is 9.23. The van der Waals surface area contributed by atoms with Crippen molar-refractivity contribution in [3.8, 4) is 0 Å². The van der Waals surface area contributed by atoms with Crippen molar-refractivity contribution in [3.63, 3.8) is 0 Å². The Labute approximate surface area is 118 Å². The summed E-state index contributed by atoms with van der Waals surface area (Å²) >= 11 is 0. The van der Waals surface area contributed by atoms with E-state index in [2.05, 4.69) is 43.0 Å². The highest BCUT2D eigenvalue weighted by Gasteiger charge is 2.37. The molecule has 0 atom stereocenters. The Bertz CT molecular complexity index is 369. The van der Waals surface area contributed by atoms with Crippen LogP contribution in [0.5, 0.6) is 0 Å². The first-order valence-electron chi connectivity index (χ1n) is 7.72. The third-order valence-electron chi connectivity index (χ3n) is 4.32. The van der Waals surface area contributed by atoms with E-state index in [1.165, 1.54) is 37.1 Å². The highest BCUT2D eigenvalue weighted by molar-refractivity contribution is 5.34. The Kier molecular flexibility index (Phi) is 5.00. The van der Waals surface area contributed by atoms with Crippen LogP contribution in [0.1, 0.15) is 37.8 Å². The van der Waals surface area contributed by atoms with Gasteiger partial charge in [-0.1, -0.05) is 38.1 Å². The summed E-state index contributed by atoms with van der Waals surface area (Å²) in [6.45, 7) is 8.88. The molecule has 1 aliphatic rings. The van der Waals surface area contributed by atoms with Crippen molar-refractivity contribution in [3.05, 3.63) is 35.4 Å². The van der Waals surface area contributed by atoms with Crippen LogP contribution in [0.3, 0.4) is 0 Å². The van der Waals surface area contributed by atoms with Crippen molar-refractivity contribution in [2.75, 3.05) is 26.2 Å². The van der Waals surface area contributed by atoms with Crippen LogP contribution in [0, 0.1) is 5.41 Å². The molecule has 0 saturated heterocycles. The Morgan fingerprint density at radius 3 is 2.00 bits per heavy atom. The Morgan fingerprint density at radius 1 is 1.05 bits per heavy atom. The molecule has 2 nitrogen and oxygen atoms in total. The van der Waals surface area contributed by atoms with E-state index in [9.17, 15) is 0 Å². The average Bonchev–Trinajstić information content (AvgIpc) is 2.78. The van der Waals surface area contributed by atoms with E-state index < -0.39 is 0 Å². The third kappa shape index (κ3) is 3.37. The summed E-state index contributed by atoms with van der Waals surface area (Å²) in [7, 11) is 0. The fourth-order valence-corrected chi connectivity index (χ4v) is 3.47. The first-order valence-corrected chi connectivity index (χ1v) is 7.72. The van der Waals surface area contributed by atoms with Crippen LogP contribution in [-0.4, -0.2) is 31.1 Å². The van der Waals surface area contributed by atoms with E-state index in [1.807, 2.05) is 0 Å². The maximum absolute atomic E-state index is 6.16. The summed E-state index contributed by atoms with van der Waals surface area (Å²) in [5, 5.41) is 0. The highest BCUT2D eigenvalue weighted by Crippen LogP contribution is 2.37. The number of rotatable bonds is 7. The minimum Gasteiger partial charge on any atom is -0.330 e. The van der Waals surface area contributed by atoms with Gasteiger partial charge in [-0.15, -0.1) is 0 Å². The second-order valence-corrected chi connectivity index (χ2v) is 6.10.